The van der Waals surface area contributed by atoms with Crippen LogP contribution in [-0.4, -0.2) is 36.2 Å². The van der Waals surface area contributed by atoms with Crippen molar-refractivity contribution >= 4 is 11.8 Å². The van der Waals surface area contributed by atoms with E-state index in [0.29, 0.717) is 6.42 Å². The lowest BCUT2D eigenvalue weighted by Gasteiger charge is -2.72. The number of rotatable bonds is 3. The second-order valence-electron chi connectivity index (χ2n) is 15.8. The number of aliphatic hydroxyl groups excluding tert-OH is 1. The molecule has 0 radical (unpaired) electrons. The molecule has 5 aliphatic carbocycles. The number of ketones is 1. The number of hydrogen-bond acceptors (Lipinski definition) is 5. The topological polar surface area (TPSA) is 87.4 Å². The van der Waals surface area contributed by atoms with E-state index in [2.05, 4.69) is 40.7 Å². The van der Waals surface area contributed by atoms with Crippen molar-refractivity contribution in [1.29, 1.82) is 5.26 Å². The van der Waals surface area contributed by atoms with Crippen molar-refractivity contribution in [1.82, 2.24) is 0 Å². The molecule has 4 fully saturated rings. The zero-order valence-electron chi connectivity index (χ0n) is 25.0. The molecule has 3 unspecified atom stereocenters. The van der Waals surface area contributed by atoms with Gasteiger partial charge in [0.15, 0.2) is 5.78 Å². The maximum atomic E-state index is 13.2. The van der Waals surface area contributed by atoms with E-state index < -0.39 is 18.2 Å². The van der Waals surface area contributed by atoms with Crippen molar-refractivity contribution in [3.8, 4) is 6.07 Å². The van der Waals surface area contributed by atoms with E-state index in [1.807, 2.05) is 19.9 Å². The van der Waals surface area contributed by atoms with Gasteiger partial charge in [-0.05, 0) is 96.2 Å². The van der Waals surface area contributed by atoms with Crippen molar-refractivity contribution in [2.45, 2.75) is 99.5 Å². The molecular formula is C33H48FNO4. The first kappa shape index (κ1) is 28.8. The van der Waals surface area contributed by atoms with Crippen molar-refractivity contribution in [2.75, 3.05) is 13.3 Å². The number of carbonyl (C=O) groups is 2. The first-order valence-electron chi connectivity index (χ1n) is 15.2. The minimum absolute atomic E-state index is 0.0489. The molecule has 0 aliphatic heterocycles. The molecule has 216 valence electrons. The summed E-state index contributed by atoms with van der Waals surface area (Å²) in [7, 11) is 0. The molecule has 1 N–H and O–H groups in total. The van der Waals surface area contributed by atoms with Crippen LogP contribution in [0.5, 0.6) is 0 Å². The van der Waals surface area contributed by atoms with Gasteiger partial charge in [0.2, 0.25) is 0 Å². The van der Waals surface area contributed by atoms with Gasteiger partial charge in [-0.2, -0.15) is 5.26 Å². The highest BCUT2D eigenvalue weighted by molar-refractivity contribution is 6.04. The molecule has 5 aliphatic rings. The molecule has 0 amide bonds. The number of fused-ring (bicyclic) bond motifs is 7. The Kier molecular flexibility index (Phi) is 6.74. The van der Waals surface area contributed by atoms with E-state index in [9.17, 15) is 24.3 Å². The van der Waals surface area contributed by atoms with Gasteiger partial charge in [-0.1, -0.05) is 54.5 Å². The molecule has 0 heterocycles. The Bertz CT molecular complexity index is 1120. The quantitative estimate of drug-likeness (QED) is 0.415. The molecule has 5 rings (SSSR count). The summed E-state index contributed by atoms with van der Waals surface area (Å²) in [5, 5.41) is 22.0. The van der Waals surface area contributed by atoms with Gasteiger partial charge in [0.25, 0.3) is 0 Å². The van der Waals surface area contributed by atoms with Gasteiger partial charge in [-0.15, -0.1) is 0 Å². The maximum absolute atomic E-state index is 13.2. The lowest BCUT2D eigenvalue weighted by Crippen LogP contribution is -2.68. The second kappa shape index (κ2) is 9.13. The van der Waals surface area contributed by atoms with Crippen LogP contribution < -0.4 is 0 Å². The van der Waals surface area contributed by atoms with E-state index in [4.69, 9.17) is 4.74 Å². The van der Waals surface area contributed by atoms with Crippen LogP contribution in [0.25, 0.3) is 0 Å². The summed E-state index contributed by atoms with van der Waals surface area (Å²) in [6.45, 7) is 14.6. The highest BCUT2D eigenvalue weighted by Crippen LogP contribution is 2.75. The van der Waals surface area contributed by atoms with E-state index in [-0.39, 0.29) is 81.1 Å². The SMILES string of the molecule is CC1(C)CC2C(CC[C@]3(C)C2[C@H](O)C[C@@H]2[C@@]4(C)C=C(C#N)C(=O)C(C)(C)[C@@H]4CC[C@]23C)[C@H](C(=O)OCCF)C1. The molecule has 0 aromatic heterocycles. The van der Waals surface area contributed by atoms with Crippen LogP contribution in [0, 0.1) is 73.9 Å². The summed E-state index contributed by atoms with van der Waals surface area (Å²) in [4.78, 5) is 26.4. The van der Waals surface area contributed by atoms with Crippen LogP contribution in [0.1, 0.15) is 93.4 Å². The average molecular weight is 542 g/mol. The number of carbonyl (C=O) groups excluding carboxylic acids is 2. The molecule has 5 nitrogen and oxygen atoms in total. The highest BCUT2D eigenvalue weighted by atomic mass is 19.1. The zero-order chi connectivity index (χ0) is 28.8. The molecular weight excluding hydrogens is 493 g/mol. The number of nitriles is 1. The number of aliphatic hydroxyl groups is 1. The van der Waals surface area contributed by atoms with Crippen LogP contribution >= 0.6 is 0 Å². The minimum Gasteiger partial charge on any atom is -0.463 e. The molecule has 39 heavy (non-hydrogen) atoms. The van der Waals surface area contributed by atoms with Crippen LogP contribution in [0.3, 0.4) is 0 Å². The predicted octanol–water partition coefficient (Wildman–Crippen LogP) is 6.45. The molecule has 0 aromatic carbocycles. The summed E-state index contributed by atoms with van der Waals surface area (Å²) >= 11 is 0. The third-order valence-electron chi connectivity index (χ3n) is 13.1. The number of halogens is 1. The molecule has 10 atom stereocenters. The fraction of sp³-hybridized carbons (Fsp3) is 0.848. The van der Waals surface area contributed by atoms with Gasteiger partial charge in [-0.3, -0.25) is 9.59 Å². The van der Waals surface area contributed by atoms with E-state index >= 15 is 0 Å². The standard InChI is InChI=1S/C33H48FNO4/c1-29(2)16-21-20(22(17-29)28(38)39-13-12-34)8-10-33(7)26(21)23(36)14-25-31(5)15-19(18-35)27(37)30(3,4)24(31)9-11-32(25,33)6/h15,20-26,36H,8-14,16-17H2,1-7H3/t20?,21?,22-,23-,24+,25-,26?,31+,32-,33-/m1/s1. The van der Waals surface area contributed by atoms with Crippen molar-refractivity contribution < 1.29 is 23.8 Å². The third kappa shape index (κ3) is 3.92. The number of nitrogens with zero attached hydrogens (tertiary/aromatic N) is 1. The van der Waals surface area contributed by atoms with Crippen LogP contribution in [0.4, 0.5) is 4.39 Å². The summed E-state index contributed by atoms with van der Waals surface area (Å²) in [6.07, 6.45) is 7.55. The van der Waals surface area contributed by atoms with Gasteiger partial charge in [0.1, 0.15) is 19.4 Å². The van der Waals surface area contributed by atoms with Crippen LogP contribution in [-0.2, 0) is 14.3 Å². The number of hydrogen-bond donors (Lipinski definition) is 1. The maximum Gasteiger partial charge on any atom is 0.309 e. The Morgan fingerprint density at radius 1 is 1.05 bits per heavy atom. The lowest BCUT2D eigenvalue weighted by atomic mass is 9.32. The fourth-order valence-corrected chi connectivity index (χ4v) is 11.5. The zero-order valence-corrected chi connectivity index (χ0v) is 25.0. The van der Waals surface area contributed by atoms with Crippen LogP contribution in [0.15, 0.2) is 11.6 Å². The van der Waals surface area contributed by atoms with E-state index in [1.165, 1.54) is 0 Å². The Balaban J connectivity index is 1.56. The van der Waals surface area contributed by atoms with Gasteiger partial charge >= 0.3 is 5.97 Å². The Morgan fingerprint density at radius 2 is 1.72 bits per heavy atom. The molecule has 4 saturated carbocycles. The van der Waals surface area contributed by atoms with Crippen molar-refractivity contribution in [3.05, 3.63) is 11.6 Å². The Morgan fingerprint density at radius 3 is 2.36 bits per heavy atom. The molecule has 0 spiro atoms. The smallest absolute Gasteiger partial charge is 0.309 e. The minimum atomic E-state index is -0.667. The monoisotopic (exact) mass is 541 g/mol. The largest absolute Gasteiger partial charge is 0.463 e. The van der Waals surface area contributed by atoms with Gasteiger partial charge < -0.3 is 9.84 Å². The highest BCUT2D eigenvalue weighted by Gasteiger charge is 2.71. The third-order valence-corrected chi connectivity index (χ3v) is 13.1. The van der Waals surface area contributed by atoms with Gasteiger partial charge in [0.05, 0.1) is 17.6 Å². The summed E-state index contributed by atoms with van der Waals surface area (Å²) in [6, 6.07) is 2.21. The van der Waals surface area contributed by atoms with Crippen molar-refractivity contribution in [2.24, 2.45) is 62.6 Å². The number of alkyl halides is 1. The number of allylic oxidation sites excluding steroid dienone is 2. The van der Waals surface area contributed by atoms with Gasteiger partial charge in [-0.25, -0.2) is 4.39 Å². The fourth-order valence-electron chi connectivity index (χ4n) is 11.5. The molecule has 0 aromatic rings. The Hall–Kier alpha value is -1.74. The van der Waals surface area contributed by atoms with Crippen molar-refractivity contribution in [3.63, 3.8) is 0 Å². The number of ether oxygens (including phenoxy) is 1. The van der Waals surface area contributed by atoms with Gasteiger partial charge in [0, 0.05) is 5.41 Å². The number of Topliss-reactive ketones (excluding diaryl/α,β-unsaturated/α-hetero) is 1. The Labute approximate surface area is 233 Å². The van der Waals surface area contributed by atoms with E-state index in [1.54, 1.807) is 0 Å². The summed E-state index contributed by atoms with van der Waals surface area (Å²) in [5.74, 6) is 0.0914. The summed E-state index contributed by atoms with van der Waals surface area (Å²) < 4.78 is 18.2. The molecule has 0 saturated heterocycles. The first-order valence-corrected chi connectivity index (χ1v) is 15.2. The predicted molar refractivity (Wildman–Crippen MR) is 147 cm³/mol. The average Bonchev–Trinajstić information content (AvgIpc) is 2.85. The van der Waals surface area contributed by atoms with Crippen LogP contribution in [0.2, 0.25) is 0 Å². The normalized spacial score (nSPS) is 47.8. The van der Waals surface area contributed by atoms with E-state index in [0.717, 1.165) is 38.5 Å². The second-order valence-corrected chi connectivity index (χ2v) is 15.8. The molecule has 6 heteroatoms. The summed E-state index contributed by atoms with van der Waals surface area (Å²) in [5.41, 5.74) is -0.984. The lowest BCUT2D eigenvalue weighted by molar-refractivity contribution is -0.250. The molecule has 0 bridgehead atoms. The first-order chi connectivity index (χ1) is 18.1. The number of esters is 1.